The van der Waals surface area contributed by atoms with E-state index in [1.165, 1.54) is 53.8 Å². The standard InChI is InChI=1S/C32H40FN3/c1-21(2)29(34)35-23(4)31-14-12-30(19-31,13-15-31)20-36(28-18-32(33)17-27(28)32)26-7-5-6-25(16-26)24-10-8-22(3)9-11-24/h5-11,16,21,27-28,34H,12-15,17-20H2,1-4H3. The number of rotatable bonds is 7. The van der Waals surface area contributed by atoms with Crippen molar-refractivity contribution in [2.45, 2.75) is 84.4 Å². The van der Waals surface area contributed by atoms with Gasteiger partial charge >= 0.3 is 0 Å². The molecule has 4 aliphatic carbocycles. The lowest BCUT2D eigenvalue weighted by molar-refractivity contribution is 0.146. The highest BCUT2D eigenvalue weighted by Gasteiger charge is 2.70. The maximum atomic E-state index is 14.8. The molecule has 4 fully saturated rings. The van der Waals surface area contributed by atoms with E-state index in [0.29, 0.717) is 18.3 Å². The van der Waals surface area contributed by atoms with Gasteiger partial charge in [0.1, 0.15) is 11.5 Å². The molecule has 4 aliphatic rings. The minimum atomic E-state index is -0.884. The van der Waals surface area contributed by atoms with Gasteiger partial charge in [-0.15, -0.1) is 0 Å². The van der Waals surface area contributed by atoms with E-state index in [1.54, 1.807) is 0 Å². The van der Waals surface area contributed by atoms with E-state index in [-0.39, 0.29) is 22.7 Å². The molecule has 2 bridgehead atoms. The summed E-state index contributed by atoms with van der Waals surface area (Å²) in [7, 11) is 0. The van der Waals surface area contributed by atoms with E-state index < -0.39 is 5.67 Å². The van der Waals surface area contributed by atoms with Crippen molar-refractivity contribution in [3.63, 3.8) is 0 Å². The molecule has 3 nitrogen and oxygen atoms in total. The van der Waals surface area contributed by atoms with Crippen LogP contribution in [0.15, 0.2) is 53.5 Å². The van der Waals surface area contributed by atoms with E-state index in [0.717, 1.165) is 19.4 Å². The largest absolute Gasteiger partial charge is 0.367 e. The summed E-state index contributed by atoms with van der Waals surface area (Å²) < 4.78 is 14.8. The number of alkyl halides is 1. The fourth-order valence-electron chi connectivity index (χ4n) is 7.51. The summed E-state index contributed by atoms with van der Waals surface area (Å²) in [5.41, 5.74) is 5.69. The summed E-state index contributed by atoms with van der Waals surface area (Å²) in [5, 5.41) is 8.29. The van der Waals surface area contributed by atoms with Gasteiger partial charge in [0, 0.05) is 47.7 Å². The van der Waals surface area contributed by atoms with Crippen molar-refractivity contribution in [1.29, 1.82) is 5.41 Å². The third-order valence-electron chi connectivity index (χ3n) is 10.1. The number of hydrogen-bond acceptors (Lipinski definition) is 2. The van der Waals surface area contributed by atoms with Crippen LogP contribution in [0.4, 0.5) is 10.1 Å². The molecule has 3 unspecified atom stereocenters. The summed E-state index contributed by atoms with van der Waals surface area (Å²) in [6, 6.07) is 18.0. The highest BCUT2D eigenvalue weighted by molar-refractivity contribution is 5.99. The minimum Gasteiger partial charge on any atom is -0.367 e. The molecule has 4 saturated carbocycles. The molecule has 36 heavy (non-hydrogen) atoms. The average molecular weight is 486 g/mol. The van der Waals surface area contributed by atoms with Crippen LogP contribution in [0.1, 0.15) is 71.3 Å². The summed E-state index contributed by atoms with van der Waals surface area (Å²) in [5.74, 6) is 0.876. The lowest BCUT2D eigenvalue weighted by Gasteiger charge is -2.45. The van der Waals surface area contributed by atoms with Crippen molar-refractivity contribution in [2.24, 2.45) is 27.7 Å². The predicted molar refractivity (Wildman–Crippen MR) is 148 cm³/mol. The first-order valence-electron chi connectivity index (χ1n) is 13.9. The molecule has 0 aromatic heterocycles. The van der Waals surface area contributed by atoms with Gasteiger partial charge in [0.25, 0.3) is 0 Å². The van der Waals surface area contributed by atoms with Crippen molar-refractivity contribution in [3.8, 4) is 11.1 Å². The van der Waals surface area contributed by atoms with Crippen LogP contribution >= 0.6 is 0 Å². The Morgan fingerprint density at radius 3 is 2.39 bits per heavy atom. The number of aliphatic imine (C=N–C) groups is 1. The first kappa shape index (κ1) is 23.9. The van der Waals surface area contributed by atoms with E-state index in [1.807, 2.05) is 13.8 Å². The molecule has 0 spiro atoms. The average Bonchev–Trinajstić information content (AvgIpc) is 3.18. The van der Waals surface area contributed by atoms with Crippen LogP contribution in [0.3, 0.4) is 0 Å². The zero-order valence-electron chi connectivity index (χ0n) is 22.3. The molecule has 0 radical (unpaired) electrons. The minimum absolute atomic E-state index is 0.152. The number of nitrogens with zero attached hydrogens (tertiary/aromatic N) is 2. The van der Waals surface area contributed by atoms with Crippen LogP contribution in [0.5, 0.6) is 0 Å². The maximum absolute atomic E-state index is 14.8. The summed E-state index contributed by atoms with van der Waals surface area (Å²) in [6.07, 6.45) is 7.35. The zero-order valence-corrected chi connectivity index (χ0v) is 22.3. The Morgan fingerprint density at radius 2 is 1.78 bits per heavy atom. The van der Waals surface area contributed by atoms with Crippen LogP contribution in [-0.2, 0) is 0 Å². The number of fused-ring (bicyclic) bond motifs is 3. The number of anilines is 1. The predicted octanol–water partition coefficient (Wildman–Crippen LogP) is 8.01. The van der Waals surface area contributed by atoms with E-state index >= 15 is 0 Å². The summed E-state index contributed by atoms with van der Waals surface area (Å²) in [6.45, 7) is 9.40. The van der Waals surface area contributed by atoms with Gasteiger partial charge in [-0.05, 0) is 81.0 Å². The van der Waals surface area contributed by atoms with Gasteiger partial charge in [0.2, 0.25) is 0 Å². The van der Waals surface area contributed by atoms with Gasteiger partial charge < -0.3 is 4.90 Å². The molecule has 0 heterocycles. The Hall–Kier alpha value is -2.49. The first-order valence-corrected chi connectivity index (χ1v) is 13.9. The van der Waals surface area contributed by atoms with E-state index in [2.05, 4.69) is 67.3 Å². The van der Waals surface area contributed by atoms with Crippen LogP contribution < -0.4 is 4.90 Å². The first-order chi connectivity index (χ1) is 17.1. The number of halogens is 1. The third kappa shape index (κ3) is 3.92. The molecule has 0 saturated heterocycles. The Morgan fingerprint density at radius 1 is 1.06 bits per heavy atom. The second kappa shape index (κ2) is 8.26. The van der Waals surface area contributed by atoms with E-state index in [4.69, 9.17) is 10.4 Å². The van der Waals surface area contributed by atoms with Crippen molar-refractivity contribution in [3.05, 3.63) is 54.1 Å². The fourth-order valence-corrected chi connectivity index (χ4v) is 7.51. The summed E-state index contributed by atoms with van der Waals surface area (Å²) >= 11 is 0. The lowest BCUT2D eigenvalue weighted by Crippen LogP contribution is -2.51. The normalized spacial score (nSPS) is 34.4. The molecule has 0 amide bonds. The van der Waals surface area contributed by atoms with Crippen molar-refractivity contribution in [2.75, 3.05) is 11.4 Å². The monoisotopic (exact) mass is 485 g/mol. The van der Waals surface area contributed by atoms with E-state index in [9.17, 15) is 4.39 Å². The molecule has 1 N–H and O–H groups in total. The Labute approximate surface area is 215 Å². The molecule has 0 aliphatic heterocycles. The molecule has 2 aromatic rings. The quantitative estimate of drug-likeness (QED) is 0.313. The van der Waals surface area contributed by atoms with Gasteiger partial charge in [0.05, 0.1) is 0 Å². The SMILES string of the molecule is CC(=NC(=N)C(C)C)C12CCC(CN(c3cccc(-c4ccc(C)cc4)c3)C3CC4(F)CC34)(CC1)C2. The zero-order chi connectivity index (χ0) is 25.3. The molecule has 190 valence electrons. The Bertz CT molecular complexity index is 1200. The number of aryl methyl sites for hydroxylation is 1. The van der Waals surface area contributed by atoms with Gasteiger partial charge in [-0.25, -0.2) is 9.38 Å². The molecule has 3 atom stereocenters. The lowest BCUT2D eigenvalue weighted by atomic mass is 9.79. The van der Waals surface area contributed by atoms with Gasteiger partial charge in [0.15, 0.2) is 0 Å². The Kier molecular flexibility index (Phi) is 5.48. The maximum Gasteiger partial charge on any atom is 0.122 e. The van der Waals surface area contributed by atoms with Crippen LogP contribution in [0.2, 0.25) is 0 Å². The third-order valence-corrected chi connectivity index (χ3v) is 10.1. The van der Waals surface area contributed by atoms with Gasteiger partial charge in [-0.1, -0.05) is 55.8 Å². The second-order valence-electron chi connectivity index (χ2n) is 12.9. The van der Waals surface area contributed by atoms with Gasteiger partial charge in [-0.2, -0.15) is 0 Å². The van der Waals surface area contributed by atoms with Crippen LogP contribution in [0.25, 0.3) is 11.1 Å². The summed E-state index contributed by atoms with van der Waals surface area (Å²) in [4.78, 5) is 7.37. The van der Waals surface area contributed by atoms with Crippen LogP contribution in [0, 0.1) is 35.0 Å². The Balaban J connectivity index is 1.28. The highest BCUT2D eigenvalue weighted by Crippen LogP contribution is 2.67. The molecular formula is C32H40FN3. The number of benzene rings is 2. The molecule has 6 rings (SSSR count). The van der Waals surface area contributed by atoms with Crippen molar-refractivity contribution < 1.29 is 4.39 Å². The van der Waals surface area contributed by atoms with Crippen molar-refractivity contribution in [1.82, 2.24) is 0 Å². The smallest absolute Gasteiger partial charge is 0.122 e. The van der Waals surface area contributed by atoms with Crippen LogP contribution in [-0.4, -0.2) is 29.8 Å². The van der Waals surface area contributed by atoms with Gasteiger partial charge in [-0.3, -0.25) is 5.41 Å². The number of hydrogen-bond donors (Lipinski definition) is 1. The highest BCUT2D eigenvalue weighted by atomic mass is 19.1. The van der Waals surface area contributed by atoms with Crippen molar-refractivity contribution >= 4 is 17.2 Å². The number of amidine groups is 1. The molecular weight excluding hydrogens is 445 g/mol. The molecule has 2 aromatic carbocycles. The topological polar surface area (TPSA) is 39.5 Å². The number of nitrogens with one attached hydrogen (secondary N) is 1. The fraction of sp³-hybridized carbons (Fsp3) is 0.562. The second-order valence-corrected chi connectivity index (χ2v) is 12.9. The molecule has 4 heteroatoms.